The number of hydrogen-bond acceptors (Lipinski definition) is 4. The summed E-state index contributed by atoms with van der Waals surface area (Å²) in [5.41, 5.74) is 2.02. The van der Waals surface area contributed by atoms with Crippen molar-refractivity contribution in [1.29, 1.82) is 0 Å². The Labute approximate surface area is 272 Å². The van der Waals surface area contributed by atoms with Gasteiger partial charge in [0.15, 0.2) is 0 Å². The van der Waals surface area contributed by atoms with Crippen LogP contribution in [0.4, 0.5) is 9.18 Å². The second-order valence-electron chi connectivity index (χ2n) is 13.1. The third-order valence-electron chi connectivity index (χ3n) is 8.99. The molecule has 2 bridgehead atoms. The van der Waals surface area contributed by atoms with Gasteiger partial charge in [0.1, 0.15) is 23.9 Å². The first-order chi connectivity index (χ1) is 22.0. The third kappa shape index (κ3) is 8.17. The first-order valence-electron chi connectivity index (χ1n) is 15.8. The highest BCUT2D eigenvalue weighted by molar-refractivity contribution is 6.30. The van der Waals surface area contributed by atoms with E-state index in [4.69, 9.17) is 11.6 Å². The average molecular weight is 654 g/mol. The Kier molecular flexibility index (Phi) is 10.5. The van der Waals surface area contributed by atoms with Crippen molar-refractivity contribution in [3.8, 4) is 0 Å². The predicted molar refractivity (Wildman–Crippen MR) is 173 cm³/mol. The lowest BCUT2D eigenvalue weighted by atomic mass is 9.99. The Hall–Kier alpha value is -4.12. The summed E-state index contributed by atoms with van der Waals surface area (Å²) in [6.45, 7) is 5.23. The standard InChI is InChI=1S/C34H41ClFN5O5/c1-19(2)11-28(40-34(46)41-17-21-7-8-22(12-21)18-41)31(42)38-29(15-23-16-37-27-6-4-3-5-24(23)27)32(43)39-30(33(44)45)14-20-9-10-26(36)25(35)13-20/h3-6,9-10,13,16,19,21-22,28-30,37H,7-8,11-12,14-15,17-18H2,1-2H3,(H,38,42)(H,39,43)(H,40,46)(H,44,45)/t21-,22+,28-,29+,30+/m0/s1. The van der Waals surface area contributed by atoms with E-state index in [1.54, 1.807) is 11.1 Å². The second-order valence-corrected chi connectivity index (χ2v) is 13.5. The number of likely N-dealkylation sites (tertiary alicyclic amines) is 1. The van der Waals surface area contributed by atoms with Crippen LogP contribution >= 0.6 is 11.6 Å². The monoisotopic (exact) mass is 653 g/mol. The summed E-state index contributed by atoms with van der Waals surface area (Å²) in [5.74, 6) is -2.14. The van der Waals surface area contributed by atoms with Crippen LogP contribution in [0.5, 0.6) is 0 Å². The van der Waals surface area contributed by atoms with Gasteiger partial charge in [-0.05, 0) is 72.8 Å². The third-order valence-corrected chi connectivity index (χ3v) is 9.28. The van der Waals surface area contributed by atoms with Gasteiger partial charge in [-0.2, -0.15) is 0 Å². The smallest absolute Gasteiger partial charge is 0.326 e. The summed E-state index contributed by atoms with van der Waals surface area (Å²) in [6.07, 6.45) is 5.37. The summed E-state index contributed by atoms with van der Waals surface area (Å²) in [7, 11) is 0. The molecule has 5 atom stereocenters. The van der Waals surface area contributed by atoms with Crippen molar-refractivity contribution < 1.29 is 28.7 Å². The van der Waals surface area contributed by atoms with Crippen molar-refractivity contribution in [2.45, 2.75) is 70.5 Å². The van der Waals surface area contributed by atoms with Gasteiger partial charge in [-0.15, -0.1) is 0 Å². The average Bonchev–Trinajstić information content (AvgIpc) is 3.58. The number of carbonyl (C=O) groups excluding carboxylic acids is 3. The van der Waals surface area contributed by atoms with Crippen LogP contribution in [-0.2, 0) is 27.2 Å². The number of benzene rings is 2. The number of aromatic nitrogens is 1. The van der Waals surface area contributed by atoms with E-state index in [1.807, 2.05) is 38.1 Å². The van der Waals surface area contributed by atoms with Gasteiger partial charge >= 0.3 is 12.0 Å². The van der Waals surface area contributed by atoms with Crippen LogP contribution < -0.4 is 16.0 Å². The molecule has 2 aromatic carbocycles. The number of nitrogens with zero attached hydrogens (tertiary/aromatic N) is 1. The molecule has 1 aliphatic heterocycles. The van der Waals surface area contributed by atoms with E-state index < -0.39 is 41.7 Å². The Morgan fingerprint density at radius 3 is 2.30 bits per heavy atom. The summed E-state index contributed by atoms with van der Waals surface area (Å²) in [4.78, 5) is 58.1. The molecule has 1 saturated carbocycles. The summed E-state index contributed by atoms with van der Waals surface area (Å²) >= 11 is 5.89. The number of carbonyl (C=O) groups is 4. The maximum absolute atomic E-state index is 13.8. The number of fused-ring (bicyclic) bond motifs is 3. The molecule has 0 unspecified atom stereocenters. The Balaban J connectivity index is 1.35. The molecule has 5 N–H and O–H groups in total. The van der Waals surface area contributed by atoms with Gasteiger partial charge in [-0.1, -0.05) is 49.7 Å². The number of rotatable bonds is 12. The van der Waals surface area contributed by atoms with Crippen molar-refractivity contribution >= 4 is 46.3 Å². The fourth-order valence-corrected chi connectivity index (χ4v) is 6.90. The number of para-hydroxylation sites is 1. The highest BCUT2D eigenvalue weighted by Gasteiger charge is 2.37. The minimum absolute atomic E-state index is 0.0633. The van der Waals surface area contributed by atoms with Crippen molar-refractivity contribution in [3.63, 3.8) is 0 Å². The minimum Gasteiger partial charge on any atom is -0.480 e. The van der Waals surface area contributed by atoms with Crippen LogP contribution in [0.3, 0.4) is 0 Å². The number of H-pyrrole nitrogens is 1. The van der Waals surface area contributed by atoms with E-state index in [9.17, 15) is 28.7 Å². The quantitative estimate of drug-likeness (QED) is 0.193. The highest BCUT2D eigenvalue weighted by atomic mass is 35.5. The number of piperidine rings is 1. The lowest BCUT2D eigenvalue weighted by Gasteiger charge is -2.33. The van der Waals surface area contributed by atoms with Gasteiger partial charge in [0, 0.05) is 43.0 Å². The van der Waals surface area contributed by atoms with Crippen LogP contribution in [0.2, 0.25) is 5.02 Å². The molecule has 46 heavy (non-hydrogen) atoms. The fraction of sp³-hybridized carbons (Fsp3) is 0.471. The summed E-state index contributed by atoms with van der Waals surface area (Å²) < 4.78 is 13.7. The zero-order chi connectivity index (χ0) is 33.0. The molecule has 3 aromatic rings. The molecule has 10 nitrogen and oxygen atoms in total. The number of aliphatic carboxylic acids is 1. The van der Waals surface area contributed by atoms with Gasteiger partial charge in [-0.3, -0.25) is 9.59 Å². The van der Waals surface area contributed by atoms with Crippen molar-refractivity contribution in [1.82, 2.24) is 25.8 Å². The maximum Gasteiger partial charge on any atom is 0.326 e. The number of hydrogen-bond donors (Lipinski definition) is 5. The summed E-state index contributed by atoms with van der Waals surface area (Å²) in [6, 6.07) is 7.64. The van der Waals surface area contributed by atoms with Crippen LogP contribution in [0.15, 0.2) is 48.7 Å². The zero-order valence-corrected chi connectivity index (χ0v) is 26.8. The number of aromatic amines is 1. The number of carboxylic acids is 1. The van der Waals surface area contributed by atoms with Gasteiger partial charge in [0.05, 0.1) is 5.02 Å². The van der Waals surface area contributed by atoms with Crippen LogP contribution in [0.1, 0.15) is 50.7 Å². The molecule has 0 radical (unpaired) electrons. The SMILES string of the molecule is CC(C)C[C@H](NC(=O)N1C[C@@H]2CC[C@@H](C2)C1)C(=O)N[C@H](Cc1c[nH]c2ccccc12)C(=O)N[C@H](Cc1ccc(F)c(Cl)c1)C(=O)O. The fourth-order valence-electron chi connectivity index (χ4n) is 6.69. The Morgan fingerprint density at radius 2 is 1.63 bits per heavy atom. The maximum atomic E-state index is 13.8. The van der Waals surface area contributed by atoms with E-state index in [0.29, 0.717) is 36.9 Å². The molecule has 0 spiro atoms. The van der Waals surface area contributed by atoms with Crippen LogP contribution in [0, 0.1) is 23.6 Å². The van der Waals surface area contributed by atoms with Gasteiger partial charge in [-0.25, -0.2) is 14.0 Å². The molecule has 2 fully saturated rings. The number of carboxylic acid groups (broad SMARTS) is 1. The lowest BCUT2D eigenvalue weighted by molar-refractivity contribution is -0.142. The van der Waals surface area contributed by atoms with Gasteiger partial charge < -0.3 is 30.9 Å². The van der Waals surface area contributed by atoms with Gasteiger partial charge in [0.25, 0.3) is 0 Å². The molecule has 246 valence electrons. The van der Waals surface area contributed by atoms with E-state index in [2.05, 4.69) is 20.9 Å². The van der Waals surface area contributed by atoms with Crippen molar-refractivity contribution in [2.75, 3.05) is 13.1 Å². The molecule has 2 aliphatic rings. The van der Waals surface area contributed by atoms with Crippen LogP contribution in [0.25, 0.3) is 10.9 Å². The predicted octanol–water partition coefficient (Wildman–Crippen LogP) is 4.66. The van der Waals surface area contributed by atoms with Crippen LogP contribution in [-0.4, -0.2) is 70.0 Å². The molecule has 12 heteroatoms. The number of nitrogens with one attached hydrogen (secondary N) is 4. The van der Waals surface area contributed by atoms with E-state index in [-0.39, 0.29) is 29.8 Å². The first kappa shape index (κ1) is 33.2. The van der Waals surface area contributed by atoms with Crippen molar-refractivity contribution in [3.05, 3.63) is 70.6 Å². The summed E-state index contributed by atoms with van der Waals surface area (Å²) in [5, 5.41) is 19.0. The zero-order valence-electron chi connectivity index (χ0n) is 26.0. The Morgan fingerprint density at radius 1 is 0.957 bits per heavy atom. The second kappa shape index (κ2) is 14.5. The number of urea groups is 1. The Bertz CT molecular complexity index is 1580. The number of amides is 4. The van der Waals surface area contributed by atoms with Crippen molar-refractivity contribution in [2.24, 2.45) is 17.8 Å². The highest BCUT2D eigenvalue weighted by Crippen LogP contribution is 2.36. The topological polar surface area (TPSA) is 144 Å². The van der Waals surface area contributed by atoms with E-state index in [0.717, 1.165) is 41.8 Å². The van der Waals surface area contributed by atoms with Gasteiger partial charge in [0.2, 0.25) is 11.8 Å². The molecule has 1 saturated heterocycles. The first-order valence-corrected chi connectivity index (χ1v) is 16.2. The minimum atomic E-state index is -1.38. The number of halogens is 2. The molecular weight excluding hydrogens is 613 g/mol. The molecule has 5 rings (SSSR count). The lowest BCUT2D eigenvalue weighted by Crippen LogP contribution is -2.58. The largest absolute Gasteiger partial charge is 0.480 e. The molecule has 1 aromatic heterocycles. The molecular formula is C34H41ClFN5O5. The molecule has 4 amide bonds. The normalized spacial score (nSPS) is 19.5. The van der Waals surface area contributed by atoms with E-state index in [1.165, 1.54) is 12.1 Å². The molecule has 1 aliphatic carbocycles. The van der Waals surface area contributed by atoms with E-state index >= 15 is 0 Å². The molecule has 2 heterocycles.